The van der Waals surface area contributed by atoms with E-state index >= 15 is 0 Å². The van der Waals surface area contributed by atoms with Gasteiger partial charge in [0.05, 0.1) is 0 Å². The summed E-state index contributed by atoms with van der Waals surface area (Å²) in [5.74, 6) is -1.80. The number of nitrogens with one attached hydrogen (secondary N) is 2. The highest BCUT2D eigenvalue weighted by Crippen LogP contribution is 2.17. The van der Waals surface area contributed by atoms with Crippen LogP contribution >= 0.6 is 0 Å². The molecule has 128 valence electrons. The number of esters is 1. The highest BCUT2D eigenvalue weighted by Gasteiger charge is 2.18. The van der Waals surface area contributed by atoms with Gasteiger partial charge >= 0.3 is 12.0 Å². The number of hydrogen-bond acceptors (Lipinski definition) is 4. The molecule has 0 aromatic heterocycles. The van der Waals surface area contributed by atoms with Crippen LogP contribution < -0.4 is 10.6 Å². The Bertz CT molecular complexity index is 622. The van der Waals surface area contributed by atoms with E-state index in [1.807, 2.05) is 0 Å². The quantitative estimate of drug-likeness (QED) is 0.638. The number of rotatable bonds is 5. The van der Waals surface area contributed by atoms with E-state index in [1.54, 1.807) is 0 Å². The maximum Gasteiger partial charge on any atom is 0.331 e. The van der Waals surface area contributed by atoms with Gasteiger partial charge in [-0.2, -0.15) is 0 Å². The van der Waals surface area contributed by atoms with Crippen LogP contribution in [0.4, 0.5) is 9.18 Å². The van der Waals surface area contributed by atoms with Gasteiger partial charge < -0.3 is 10.1 Å². The molecule has 0 radical (unpaired) electrons. The predicted molar refractivity (Wildman–Crippen MR) is 85.3 cm³/mol. The summed E-state index contributed by atoms with van der Waals surface area (Å²) < 4.78 is 17.5. The highest BCUT2D eigenvalue weighted by molar-refractivity contribution is 5.96. The first kappa shape index (κ1) is 17.7. The van der Waals surface area contributed by atoms with Crippen molar-refractivity contribution in [2.24, 2.45) is 0 Å². The van der Waals surface area contributed by atoms with Gasteiger partial charge in [0.2, 0.25) is 0 Å². The van der Waals surface area contributed by atoms with Crippen LogP contribution in [0, 0.1) is 5.82 Å². The van der Waals surface area contributed by atoms with Crippen LogP contribution in [0.5, 0.6) is 0 Å². The van der Waals surface area contributed by atoms with E-state index in [4.69, 9.17) is 4.74 Å². The smallest absolute Gasteiger partial charge is 0.331 e. The lowest BCUT2D eigenvalue weighted by Gasteiger charge is -2.12. The summed E-state index contributed by atoms with van der Waals surface area (Å²) in [5, 5.41) is 4.80. The van der Waals surface area contributed by atoms with Crippen molar-refractivity contribution in [3.63, 3.8) is 0 Å². The summed E-state index contributed by atoms with van der Waals surface area (Å²) >= 11 is 0. The van der Waals surface area contributed by atoms with E-state index in [1.165, 1.54) is 30.3 Å². The zero-order valence-corrected chi connectivity index (χ0v) is 13.1. The maximum atomic E-state index is 12.7. The lowest BCUT2D eigenvalue weighted by atomic mass is 10.2. The van der Waals surface area contributed by atoms with Crippen molar-refractivity contribution in [3.8, 4) is 0 Å². The largest absolute Gasteiger partial charge is 0.452 e. The van der Waals surface area contributed by atoms with Gasteiger partial charge in [-0.25, -0.2) is 14.0 Å². The Kier molecular flexibility index (Phi) is 6.48. The number of ether oxygens (including phenoxy) is 1. The van der Waals surface area contributed by atoms with Crippen molar-refractivity contribution in [2.75, 3.05) is 6.61 Å². The monoisotopic (exact) mass is 334 g/mol. The van der Waals surface area contributed by atoms with Crippen LogP contribution in [0.2, 0.25) is 0 Å². The van der Waals surface area contributed by atoms with Crippen molar-refractivity contribution in [1.29, 1.82) is 0 Å². The van der Waals surface area contributed by atoms with Crippen LogP contribution in [0.3, 0.4) is 0 Å². The number of urea groups is 1. The molecule has 0 atom stereocenters. The molecule has 1 aromatic rings. The van der Waals surface area contributed by atoms with E-state index < -0.39 is 24.5 Å². The zero-order valence-electron chi connectivity index (χ0n) is 13.1. The van der Waals surface area contributed by atoms with Crippen molar-refractivity contribution in [1.82, 2.24) is 10.6 Å². The van der Waals surface area contributed by atoms with Crippen LogP contribution in [0.25, 0.3) is 6.08 Å². The first-order chi connectivity index (χ1) is 11.5. The standard InChI is InChI=1S/C17H19FN2O4/c18-13-8-5-12(6-9-13)7-10-16(22)24-11-15(21)20-17(23)19-14-3-1-2-4-14/h5-10,14H,1-4,11H2,(H2,19,20,21,23). The molecule has 1 aromatic carbocycles. The second-order valence-corrected chi connectivity index (χ2v) is 5.50. The summed E-state index contributed by atoms with van der Waals surface area (Å²) in [6, 6.07) is 5.05. The fourth-order valence-electron chi connectivity index (χ4n) is 2.38. The molecule has 1 aliphatic carbocycles. The maximum absolute atomic E-state index is 12.7. The summed E-state index contributed by atoms with van der Waals surface area (Å²) in [7, 11) is 0. The molecule has 0 saturated heterocycles. The summed E-state index contributed by atoms with van der Waals surface area (Å²) in [4.78, 5) is 34.6. The van der Waals surface area contributed by atoms with Crippen LogP contribution in [0.15, 0.2) is 30.3 Å². The Morgan fingerprint density at radius 2 is 1.83 bits per heavy atom. The van der Waals surface area contributed by atoms with Crippen LogP contribution in [0.1, 0.15) is 31.2 Å². The zero-order chi connectivity index (χ0) is 17.4. The number of carbonyl (C=O) groups is 3. The average Bonchev–Trinajstić information content (AvgIpc) is 3.05. The van der Waals surface area contributed by atoms with E-state index in [9.17, 15) is 18.8 Å². The van der Waals surface area contributed by atoms with E-state index in [-0.39, 0.29) is 11.9 Å². The highest BCUT2D eigenvalue weighted by atomic mass is 19.1. The lowest BCUT2D eigenvalue weighted by Crippen LogP contribution is -2.44. The minimum atomic E-state index is -0.731. The van der Waals surface area contributed by atoms with Gasteiger partial charge in [-0.05, 0) is 36.6 Å². The third-order valence-electron chi connectivity index (χ3n) is 3.57. The van der Waals surface area contributed by atoms with Crippen LogP contribution in [-0.4, -0.2) is 30.6 Å². The van der Waals surface area contributed by atoms with Crippen molar-refractivity contribution in [3.05, 3.63) is 41.7 Å². The van der Waals surface area contributed by atoms with Gasteiger partial charge in [-0.1, -0.05) is 25.0 Å². The molecule has 1 aliphatic rings. The number of imide groups is 1. The molecule has 0 spiro atoms. The molecule has 0 aliphatic heterocycles. The Morgan fingerprint density at radius 1 is 1.17 bits per heavy atom. The molecular formula is C17H19FN2O4. The molecule has 1 saturated carbocycles. The molecule has 7 heteroatoms. The minimum absolute atomic E-state index is 0.0963. The Labute approximate surface area is 139 Å². The molecule has 2 rings (SSSR count). The molecular weight excluding hydrogens is 315 g/mol. The second-order valence-electron chi connectivity index (χ2n) is 5.50. The Hall–Kier alpha value is -2.70. The third-order valence-corrected chi connectivity index (χ3v) is 3.57. The van der Waals surface area contributed by atoms with Crippen molar-refractivity contribution in [2.45, 2.75) is 31.7 Å². The molecule has 6 nitrogen and oxygen atoms in total. The first-order valence-corrected chi connectivity index (χ1v) is 7.73. The normalized spacial score (nSPS) is 14.5. The second kappa shape index (κ2) is 8.81. The predicted octanol–water partition coefficient (Wildman–Crippen LogP) is 2.15. The number of halogens is 1. The fraction of sp³-hybridized carbons (Fsp3) is 0.353. The van der Waals surface area contributed by atoms with E-state index in [0.29, 0.717) is 5.56 Å². The summed E-state index contributed by atoms with van der Waals surface area (Å²) in [6.45, 7) is -0.551. The van der Waals surface area contributed by atoms with Gasteiger partial charge in [0.25, 0.3) is 5.91 Å². The topological polar surface area (TPSA) is 84.5 Å². The lowest BCUT2D eigenvalue weighted by molar-refractivity contribution is -0.143. The molecule has 3 amide bonds. The van der Waals surface area contributed by atoms with Gasteiger partial charge in [-0.15, -0.1) is 0 Å². The molecule has 2 N–H and O–H groups in total. The average molecular weight is 334 g/mol. The number of benzene rings is 1. The van der Waals surface area contributed by atoms with Crippen molar-refractivity contribution >= 4 is 24.0 Å². The van der Waals surface area contributed by atoms with Gasteiger partial charge in [0, 0.05) is 12.1 Å². The fourth-order valence-corrected chi connectivity index (χ4v) is 2.38. The summed E-state index contributed by atoms with van der Waals surface area (Å²) in [6.07, 6.45) is 6.51. The van der Waals surface area contributed by atoms with E-state index in [2.05, 4.69) is 10.6 Å². The van der Waals surface area contributed by atoms with Crippen molar-refractivity contribution < 1.29 is 23.5 Å². The van der Waals surface area contributed by atoms with Gasteiger partial charge in [0.15, 0.2) is 6.61 Å². The Morgan fingerprint density at radius 3 is 2.50 bits per heavy atom. The number of amides is 3. The van der Waals surface area contributed by atoms with Gasteiger partial charge in [-0.3, -0.25) is 10.1 Å². The molecule has 0 bridgehead atoms. The van der Waals surface area contributed by atoms with Crippen LogP contribution in [-0.2, 0) is 14.3 Å². The summed E-state index contributed by atoms with van der Waals surface area (Å²) in [5.41, 5.74) is 0.619. The third kappa shape index (κ3) is 6.20. The molecule has 1 fully saturated rings. The molecule has 0 unspecified atom stereocenters. The number of hydrogen-bond donors (Lipinski definition) is 2. The van der Waals surface area contributed by atoms with E-state index in [0.717, 1.165) is 31.8 Å². The molecule has 24 heavy (non-hydrogen) atoms. The molecule has 0 heterocycles. The van der Waals surface area contributed by atoms with Gasteiger partial charge in [0.1, 0.15) is 5.82 Å². The Balaban J connectivity index is 1.67. The SMILES string of the molecule is O=C(COC(=O)C=Cc1ccc(F)cc1)NC(=O)NC1CCCC1. The minimum Gasteiger partial charge on any atom is -0.452 e. The number of carbonyl (C=O) groups excluding carboxylic acids is 3. The first-order valence-electron chi connectivity index (χ1n) is 7.73.